The first-order valence-electron chi connectivity index (χ1n) is 4.36. The minimum atomic E-state index is -2.09. The van der Waals surface area contributed by atoms with Gasteiger partial charge in [-0.3, -0.25) is 4.79 Å². The topological polar surface area (TPSA) is 49.3 Å². The maximum Gasteiger partial charge on any atom is 0.320 e. The van der Waals surface area contributed by atoms with Crippen molar-refractivity contribution in [3.05, 3.63) is 0 Å². The number of aliphatic carboxylic acids is 1. The molecule has 46 valence electrons. The lowest BCUT2D eigenvalue weighted by Gasteiger charge is -1.99. The molecule has 1 fully saturated rings. The average Bonchev–Trinajstić information content (AvgIpc) is 2.13. The second-order valence-electron chi connectivity index (χ2n) is 1.46. The molecule has 0 amide bonds. The number of carbonyl (C=O) groups is 1. The molecule has 8 heavy (non-hydrogen) atoms. The third-order valence-corrected chi connectivity index (χ3v) is 0.875. The van der Waals surface area contributed by atoms with E-state index in [0.717, 1.165) is 0 Å². The van der Waals surface area contributed by atoms with Gasteiger partial charge in [0.15, 0.2) is 0 Å². The van der Waals surface area contributed by atoms with Gasteiger partial charge in [-0.05, 0) is 19.3 Å². The summed E-state index contributed by atoms with van der Waals surface area (Å²) in [5, 5.41) is 10.7. The number of rotatable bonds is 1. The molecule has 1 aliphatic heterocycles. The van der Waals surface area contributed by atoms with Crippen LogP contribution in [-0.2, 0) is 4.79 Å². The molecule has 3 nitrogen and oxygen atoms in total. The van der Waals surface area contributed by atoms with Crippen molar-refractivity contribution in [3.8, 4) is 0 Å². The Bertz CT molecular complexity index is 210. The highest BCUT2D eigenvalue weighted by Crippen LogP contribution is 2.03. The van der Waals surface area contributed by atoms with Crippen LogP contribution in [0.25, 0.3) is 0 Å². The zero-order valence-electron chi connectivity index (χ0n) is 8.09. The molecule has 1 saturated heterocycles. The third kappa shape index (κ3) is 0.980. The Hall–Kier alpha value is -0.570. The second kappa shape index (κ2) is 2.13. The van der Waals surface area contributed by atoms with Crippen LogP contribution >= 0.6 is 0 Å². The zero-order valence-corrected chi connectivity index (χ0v) is 4.09. The normalized spacial score (nSPS) is 60.2. The minimum Gasteiger partial charge on any atom is -0.480 e. The van der Waals surface area contributed by atoms with Crippen LogP contribution in [0.15, 0.2) is 0 Å². The Morgan fingerprint density at radius 2 is 2.75 bits per heavy atom. The summed E-state index contributed by atoms with van der Waals surface area (Å²) in [4.78, 5) is 10.4. The summed E-state index contributed by atoms with van der Waals surface area (Å²) in [7, 11) is 0. The molecule has 0 aliphatic carbocycles. The molecular weight excluding hydrogens is 106 g/mol. The summed E-state index contributed by atoms with van der Waals surface area (Å²) >= 11 is 0. The Morgan fingerprint density at radius 3 is 3.00 bits per heavy atom. The lowest BCUT2D eigenvalue weighted by molar-refractivity contribution is -0.139. The fraction of sp³-hybridized carbons (Fsp3) is 0.800. The minimum absolute atomic E-state index is 1.28. The highest BCUT2D eigenvalue weighted by Gasteiger charge is 2.20. The lowest BCUT2D eigenvalue weighted by Crippen LogP contribution is -2.29. The van der Waals surface area contributed by atoms with E-state index in [1.165, 1.54) is 0 Å². The van der Waals surface area contributed by atoms with Gasteiger partial charge in [-0.2, -0.15) is 0 Å². The molecule has 0 radical (unpaired) electrons. The van der Waals surface area contributed by atoms with Crippen molar-refractivity contribution < 1.29 is 15.4 Å². The molecule has 0 aromatic rings. The van der Waals surface area contributed by atoms with Gasteiger partial charge >= 0.3 is 5.97 Å². The summed E-state index contributed by atoms with van der Waals surface area (Å²) in [5.74, 6) is -1.28. The molecule has 0 aromatic heterocycles. The van der Waals surface area contributed by atoms with E-state index in [1.54, 1.807) is 0 Å². The van der Waals surface area contributed by atoms with Gasteiger partial charge in [0, 0.05) is 5.48 Å². The van der Waals surface area contributed by atoms with Gasteiger partial charge in [-0.1, -0.05) is 0 Å². The Morgan fingerprint density at radius 1 is 2.00 bits per heavy atom. The van der Waals surface area contributed by atoms with Crippen LogP contribution in [0.4, 0.5) is 0 Å². The maximum atomic E-state index is 10.4. The summed E-state index contributed by atoms with van der Waals surface area (Å²) in [6.45, 7) is -1.33. The first-order valence-corrected chi connectivity index (χ1v) is 2.20. The van der Waals surface area contributed by atoms with Gasteiger partial charge < -0.3 is 10.4 Å². The van der Waals surface area contributed by atoms with Gasteiger partial charge in [0.25, 0.3) is 0 Å². The first kappa shape index (κ1) is 2.35. The van der Waals surface area contributed by atoms with Crippen molar-refractivity contribution in [2.75, 3.05) is 6.52 Å². The standard InChI is InChI=1S/C5H9NO2/c7-5(8)4-2-1-3-6-4/h4,6H,1-3H2,(H,7,8)/t4-/m0/s1/i1D2,2D,3D/t2-,3-,4-. The summed E-state index contributed by atoms with van der Waals surface area (Å²) in [6.07, 6.45) is -3.51. The molecule has 1 rings (SSSR count). The summed E-state index contributed by atoms with van der Waals surface area (Å²) < 4.78 is 28.7. The fourth-order valence-corrected chi connectivity index (χ4v) is 0.473. The van der Waals surface area contributed by atoms with Gasteiger partial charge in [-0.15, -0.1) is 0 Å². The molecule has 3 heteroatoms. The van der Waals surface area contributed by atoms with E-state index >= 15 is 0 Å². The molecule has 1 heterocycles. The Kier molecular flexibility index (Phi) is 0.627. The predicted molar refractivity (Wildman–Crippen MR) is 28.7 cm³/mol. The van der Waals surface area contributed by atoms with Crippen LogP contribution in [0.1, 0.15) is 18.3 Å². The van der Waals surface area contributed by atoms with Gasteiger partial charge in [0.1, 0.15) is 6.04 Å². The highest BCUT2D eigenvalue weighted by molar-refractivity contribution is 5.73. The van der Waals surface area contributed by atoms with E-state index in [0.29, 0.717) is 0 Å². The zero-order chi connectivity index (χ0) is 9.52. The van der Waals surface area contributed by atoms with Crippen molar-refractivity contribution >= 4 is 5.97 Å². The monoisotopic (exact) mass is 119 g/mol. The second-order valence-corrected chi connectivity index (χ2v) is 1.46. The fourth-order valence-electron chi connectivity index (χ4n) is 0.473. The molecule has 1 aliphatic rings. The number of carboxylic acid groups (broad SMARTS) is 1. The van der Waals surface area contributed by atoms with Crippen LogP contribution in [-0.4, -0.2) is 23.6 Å². The van der Waals surface area contributed by atoms with E-state index in [9.17, 15) is 4.79 Å². The molecule has 0 aromatic carbocycles. The SMILES string of the molecule is [2H][C@@H]1N[C@H](C(=O)O)[C@@H]([2H])C1([2H])[2H]. The molecular formula is C5H9NO2. The van der Waals surface area contributed by atoms with Gasteiger partial charge in [-0.25, -0.2) is 0 Å². The number of carboxylic acids is 1. The lowest BCUT2D eigenvalue weighted by atomic mass is 10.2. The molecule has 0 bridgehead atoms. The smallest absolute Gasteiger partial charge is 0.320 e. The van der Waals surface area contributed by atoms with Crippen molar-refractivity contribution in [1.29, 1.82) is 0 Å². The maximum absolute atomic E-state index is 10.4. The predicted octanol–water partition coefficient (Wildman–Crippen LogP) is -0.177. The highest BCUT2D eigenvalue weighted by atomic mass is 16.4. The van der Waals surface area contributed by atoms with E-state index < -0.39 is 31.3 Å². The Labute approximate surface area is 53.3 Å². The van der Waals surface area contributed by atoms with E-state index in [4.69, 9.17) is 10.6 Å². The average molecular weight is 119 g/mol. The Balaban J connectivity index is 2.83. The van der Waals surface area contributed by atoms with Crippen LogP contribution in [0.2, 0.25) is 0 Å². The molecule has 0 unspecified atom stereocenters. The van der Waals surface area contributed by atoms with Crippen molar-refractivity contribution in [2.45, 2.75) is 18.8 Å². The number of hydrogen-bond donors (Lipinski definition) is 2. The van der Waals surface area contributed by atoms with Crippen LogP contribution < -0.4 is 5.32 Å². The van der Waals surface area contributed by atoms with E-state index in [-0.39, 0.29) is 0 Å². The number of nitrogens with one attached hydrogen (secondary N) is 1. The van der Waals surface area contributed by atoms with Gasteiger partial charge in [0.05, 0.1) is 0 Å². The van der Waals surface area contributed by atoms with Crippen LogP contribution in [0.3, 0.4) is 0 Å². The third-order valence-electron chi connectivity index (χ3n) is 0.875. The molecule has 0 saturated carbocycles. The first-order chi connectivity index (χ1) is 5.37. The molecule has 0 spiro atoms. The summed E-state index contributed by atoms with van der Waals surface area (Å²) in [6, 6.07) is -1.28. The largest absolute Gasteiger partial charge is 0.480 e. The van der Waals surface area contributed by atoms with Gasteiger partial charge in [0.2, 0.25) is 0 Å². The van der Waals surface area contributed by atoms with E-state index in [1.807, 2.05) is 0 Å². The van der Waals surface area contributed by atoms with Crippen molar-refractivity contribution in [3.63, 3.8) is 0 Å². The van der Waals surface area contributed by atoms with Crippen molar-refractivity contribution in [2.24, 2.45) is 0 Å². The summed E-state index contributed by atoms with van der Waals surface area (Å²) in [5.41, 5.74) is 0. The van der Waals surface area contributed by atoms with Crippen LogP contribution in [0, 0.1) is 0 Å². The van der Waals surface area contributed by atoms with E-state index in [2.05, 4.69) is 5.32 Å². The van der Waals surface area contributed by atoms with Crippen LogP contribution in [0.5, 0.6) is 0 Å². The molecule has 3 atom stereocenters. The number of hydrogen-bond acceptors (Lipinski definition) is 2. The molecule has 2 N–H and O–H groups in total. The quantitative estimate of drug-likeness (QED) is 0.503. The van der Waals surface area contributed by atoms with Crippen molar-refractivity contribution in [1.82, 2.24) is 5.32 Å².